The number of aromatic nitrogens is 7. The van der Waals surface area contributed by atoms with E-state index in [1.165, 1.54) is 26.3 Å². The maximum Gasteiger partial charge on any atom is 0.416 e. The van der Waals surface area contributed by atoms with E-state index in [-0.39, 0.29) is 17.2 Å². The van der Waals surface area contributed by atoms with Crippen molar-refractivity contribution < 1.29 is 28.7 Å². The van der Waals surface area contributed by atoms with Crippen molar-refractivity contribution >= 4 is 59.3 Å². The second-order valence-corrected chi connectivity index (χ2v) is 14.6. The van der Waals surface area contributed by atoms with Crippen LogP contribution in [-0.4, -0.2) is 82.2 Å². The summed E-state index contributed by atoms with van der Waals surface area (Å²) in [5.41, 5.74) is 1.52. The van der Waals surface area contributed by atoms with Crippen molar-refractivity contribution in [2.24, 2.45) is 0 Å². The maximum absolute atomic E-state index is 13.0. The van der Waals surface area contributed by atoms with Crippen molar-refractivity contribution in [1.82, 2.24) is 34.2 Å². The van der Waals surface area contributed by atoms with Gasteiger partial charge in [0.05, 0.1) is 29.2 Å². The van der Waals surface area contributed by atoms with Crippen LogP contribution in [0.3, 0.4) is 0 Å². The van der Waals surface area contributed by atoms with Crippen molar-refractivity contribution in [3.05, 3.63) is 65.3 Å². The van der Waals surface area contributed by atoms with E-state index in [1.54, 1.807) is 29.4 Å². The third kappa shape index (κ3) is 7.98. The van der Waals surface area contributed by atoms with Gasteiger partial charge in [-0.2, -0.15) is 19.2 Å². The van der Waals surface area contributed by atoms with Crippen LogP contribution in [0.15, 0.2) is 49.1 Å². The van der Waals surface area contributed by atoms with Crippen LogP contribution in [0.25, 0.3) is 22.6 Å². The topological polar surface area (TPSA) is 166 Å². The monoisotopic (exact) mass is 715 g/mol. The molecule has 0 atom stereocenters. The predicted octanol–water partition coefficient (Wildman–Crippen LogP) is 6.61. The first kappa shape index (κ1) is 35.4. The third-order valence-electron chi connectivity index (χ3n) is 7.64. The lowest BCUT2D eigenvalue weighted by Gasteiger charge is -2.27. The van der Waals surface area contributed by atoms with Gasteiger partial charge in [-0.1, -0.05) is 11.6 Å². The first-order valence-electron chi connectivity index (χ1n) is 16.5. The highest BCUT2D eigenvalue weighted by molar-refractivity contribution is 6.30. The molecule has 51 heavy (non-hydrogen) atoms. The Morgan fingerprint density at radius 3 is 1.71 bits per heavy atom. The Bertz CT molecular complexity index is 2110. The molecular formula is C35H38ClN9O6. The zero-order valence-electron chi connectivity index (χ0n) is 29.1. The van der Waals surface area contributed by atoms with Crippen molar-refractivity contribution in [2.75, 3.05) is 9.80 Å². The number of rotatable bonds is 7. The first-order chi connectivity index (χ1) is 24.2. The summed E-state index contributed by atoms with van der Waals surface area (Å²) < 4.78 is 14.1. The van der Waals surface area contributed by atoms with Crippen molar-refractivity contribution in [2.45, 2.75) is 90.5 Å². The molecule has 0 bridgehead atoms. The van der Waals surface area contributed by atoms with E-state index >= 15 is 0 Å². The van der Waals surface area contributed by atoms with Gasteiger partial charge in [-0.05, 0) is 79.4 Å². The number of anilines is 2. The fraction of sp³-hybridized carbons (Fsp3) is 0.400. The molecule has 0 spiro atoms. The van der Waals surface area contributed by atoms with Gasteiger partial charge in [0.2, 0.25) is 0 Å². The molecule has 15 nitrogen and oxygen atoms in total. The minimum atomic E-state index is -0.624. The minimum Gasteiger partial charge on any atom is -0.443 e. The van der Waals surface area contributed by atoms with Crippen LogP contribution in [0, 0.1) is 0 Å². The van der Waals surface area contributed by atoms with Crippen LogP contribution in [0.4, 0.5) is 21.2 Å². The molecule has 7 rings (SSSR count). The number of halogens is 1. The highest BCUT2D eigenvalue weighted by Crippen LogP contribution is 2.36. The normalized spacial score (nSPS) is 14.4. The second-order valence-electron chi connectivity index (χ2n) is 14.2. The zero-order valence-corrected chi connectivity index (χ0v) is 29.9. The van der Waals surface area contributed by atoms with Gasteiger partial charge in [0.25, 0.3) is 0 Å². The summed E-state index contributed by atoms with van der Waals surface area (Å²) in [6.07, 6.45) is 10.2. The number of hydrogen-bond acceptors (Lipinski definition) is 11. The van der Waals surface area contributed by atoms with E-state index in [2.05, 4.69) is 25.1 Å². The number of aldehydes is 2. The number of carbonyl (C=O) groups is 4. The summed E-state index contributed by atoms with van der Waals surface area (Å²) in [6, 6.07) is 7.10. The third-order valence-corrected chi connectivity index (χ3v) is 7.83. The first-order valence-corrected chi connectivity index (χ1v) is 16.8. The minimum absolute atomic E-state index is 0.0334. The van der Waals surface area contributed by atoms with Gasteiger partial charge in [0, 0.05) is 42.2 Å². The Labute approximate surface area is 298 Å². The molecule has 0 saturated heterocycles. The quantitative estimate of drug-likeness (QED) is 0.131. The van der Waals surface area contributed by atoms with Crippen LogP contribution < -0.4 is 9.80 Å². The molecule has 2 aliphatic carbocycles. The SMILES string of the molecule is CC(C)(C)OC(=O)N(c1cc(-c2cccnc2)nc2c(C=O)cnn12)C1CC1.CC(C)(C)OC(=O)N(c1cc(Cl)nc2c(C=O)cnn12)C1CC1. The average molecular weight is 716 g/mol. The van der Waals surface area contributed by atoms with Gasteiger partial charge in [-0.25, -0.2) is 19.6 Å². The Balaban J connectivity index is 0.000000179. The Morgan fingerprint density at radius 1 is 0.784 bits per heavy atom. The van der Waals surface area contributed by atoms with E-state index in [9.17, 15) is 19.2 Å². The average Bonchev–Trinajstić information content (AvgIpc) is 3.99. The van der Waals surface area contributed by atoms with E-state index in [0.29, 0.717) is 52.3 Å². The fourth-order valence-electron chi connectivity index (χ4n) is 5.22. The molecule has 2 fully saturated rings. The fourth-order valence-corrected chi connectivity index (χ4v) is 5.40. The molecule has 2 aliphatic rings. The number of nitrogens with zero attached hydrogens (tertiary/aromatic N) is 9. The Morgan fingerprint density at radius 2 is 1.27 bits per heavy atom. The number of ether oxygens (including phenoxy) is 2. The summed E-state index contributed by atoms with van der Waals surface area (Å²) in [7, 11) is 0. The van der Waals surface area contributed by atoms with Crippen molar-refractivity contribution in [1.29, 1.82) is 0 Å². The zero-order chi connectivity index (χ0) is 36.7. The molecule has 0 aliphatic heterocycles. The van der Waals surface area contributed by atoms with Gasteiger partial charge in [-0.15, -0.1) is 0 Å². The van der Waals surface area contributed by atoms with E-state index < -0.39 is 23.4 Å². The lowest BCUT2D eigenvalue weighted by atomic mass is 10.2. The van der Waals surface area contributed by atoms with Gasteiger partial charge in [0.15, 0.2) is 23.9 Å². The standard InChI is InChI=1S/C20H21N5O3.C15H17ClN4O3/c1-20(2,3)28-19(27)24(15-6-7-15)17-9-16(13-5-4-8-21-10-13)23-18-14(12-26)11-22-25(17)18;1-15(2,3)23-14(22)19(10-4-5-10)12-6-11(16)18-13-9(8-21)7-17-20(12)13/h4-5,8-12,15H,6-7H2,1-3H3;6-8,10H,4-5H2,1-3H3. The van der Waals surface area contributed by atoms with Crippen LogP contribution in [0.2, 0.25) is 5.15 Å². The molecule has 5 aromatic rings. The number of pyridine rings is 1. The maximum atomic E-state index is 13.0. The lowest BCUT2D eigenvalue weighted by molar-refractivity contribution is 0.0564. The molecule has 0 radical (unpaired) electrons. The summed E-state index contributed by atoms with van der Waals surface area (Å²) >= 11 is 6.07. The molecular weight excluding hydrogens is 678 g/mol. The molecule has 0 unspecified atom stereocenters. The molecule has 2 amide bonds. The lowest BCUT2D eigenvalue weighted by Crippen LogP contribution is -2.39. The van der Waals surface area contributed by atoms with Crippen molar-refractivity contribution in [3.8, 4) is 11.3 Å². The van der Waals surface area contributed by atoms with Gasteiger partial charge < -0.3 is 9.47 Å². The van der Waals surface area contributed by atoms with Crippen molar-refractivity contribution in [3.63, 3.8) is 0 Å². The molecule has 266 valence electrons. The number of fused-ring (bicyclic) bond motifs is 2. The molecule has 5 aromatic heterocycles. The summed E-state index contributed by atoms with van der Waals surface area (Å²) in [4.78, 5) is 64.1. The molecule has 5 heterocycles. The van der Waals surface area contributed by atoms with Crippen LogP contribution in [0.5, 0.6) is 0 Å². The van der Waals surface area contributed by atoms with Gasteiger partial charge in [0.1, 0.15) is 28.0 Å². The largest absolute Gasteiger partial charge is 0.443 e. The summed E-state index contributed by atoms with van der Waals surface area (Å²) in [5, 5.41) is 8.63. The molecule has 16 heteroatoms. The highest BCUT2D eigenvalue weighted by Gasteiger charge is 2.39. The molecule has 2 saturated carbocycles. The van der Waals surface area contributed by atoms with E-state index in [0.717, 1.165) is 31.2 Å². The Kier molecular flexibility index (Phi) is 9.51. The van der Waals surface area contributed by atoms with Gasteiger partial charge in [-0.3, -0.25) is 24.4 Å². The number of hydrogen-bond donors (Lipinski definition) is 0. The number of carbonyl (C=O) groups excluding carboxylic acids is 4. The van der Waals surface area contributed by atoms with E-state index in [4.69, 9.17) is 21.1 Å². The van der Waals surface area contributed by atoms with Crippen LogP contribution >= 0.6 is 11.6 Å². The van der Waals surface area contributed by atoms with Gasteiger partial charge >= 0.3 is 12.2 Å². The highest BCUT2D eigenvalue weighted by atomic mass is 35.5. The molecule has 0 N–H and O–H groups in total. The predicted molar refractivity (Wildman–Crippen MR) is 188 cm³/mol. The number of amides is 2. The van der Waals surface area contributed by atoms with E-state index in [1.807, 2.05) is 53.7 Å². The smallest absolute Gasteiger partial charge is 0.416 e. The van der Waals surface area contributed by atoms with Crippen LogP contribution in [-0.2, 0) is 9.47 Å². The van der Waals surface area contributed by atoms with Crippen LogP contribution in [0.1, 0.15) is 87.9 Å². The summed E-state index contributed by atoms with van der Waals surface area (Å²) in [6.45, 7) is 10.9. The summed E-state index contributed by atoms with van der Waals surface area (Å²) in [5.74, 6) is 0.971. The second kappa shape index (κ2) is 13.7. The Hall–Kier alpha value is -5.44. The molecule has 0 aromatic carbocycles.